The summed E-state index contributed by atoms with van der Waals surface area (Å²) in [6.07, 6.45) is 2.48. The first kappa shape index (κ1) is 17.2. The Hall–Kier alpha value is -1.89. The third-order valence-corrected chi connectivity index (χ3v) is 2.23. The van der Waals surface area contributed by atoms with Crippen molar-refractivity contribution in [3.8, 4) is 5.75 Å². The number of aromatic nitrogens is 2. The zero-order valence-corrected chi connectivity index (χ0v) is 12.8. The average molecular weight is 318 g/mol. The number of halogens is 2. The number of nitrogens with one attached hydrogen (secondary N) is 1. The lowest BCUT2D eigenvalue weighted by atomic mass is 10.2. The van der Waals surface area contributed by atoms with Crippen molar-refractivity contribution in [2.24, 2.45) is 0 Å². The number of alkyl carbamates (subject to hydrolysis) is 1. The fourth-order valence-electron chi connectivity index (χ4n) is 1.17. The molecule has 6 nitrogen and oxygen atoms in total. The lowest BCUT2D eigenvalue weighted by molar-refractivity contribution is 0.0531. The minimum absolute atomic E-state index is 0.0279. The van der Waals surface area contributed by atoms with Crippen molar-refractivity contribution in [3.63, 3.8) is 0 Å². The highest BCUT2D eigenvalue weighted by Gasteiger charge is 2.16. The van der Waals surface area contributed by atoms with Crippen LogP contribution >= 0.6 is 11.6 Å². The molecule has 1 aromatic heterocycles. The second-order valence-corrected chi connectivity index (χ2v) is 5.44. The van der Waals surface area contributed by atoms with E-state index in [-0.39, 0.29) is 24.0 Å². The van der Waals surface area contributed by atoms with E-state index >= 15 is 0 Å². The van der Waals surface area contributed by atoms with Crippen molar-refractivity contribution in [2.45, 2.75) is 26.4 Å². The van der Waals surface area contributed by atoms with Crippen molar-refractivity contribution in [1.82, 2.24) is 15.3 Å². The Kier molecular flexibility index (Phi) is 6.36. The van der Waals surface area contributed by atoms with Crippen molar-refractivity contribution in [2.75, 3.05) is 13.2 Å². The minimum atomic E-state index is -0.628. The molecule has 1 amide bonds. The Bertz CT molecular complexity index is 500. The lowest BCUT2D eigenvalue weighted by Crippen LogP contribution is -2.34. The van der Waals surface area contributed by atoms with Gasteiger partial charge in [-0.2, -0.15) is 0 Å². The highest BCUT2D eigenvalue weighted by Crippen LogP contribution is 2.10. The van der Waals surface area contributed by atoms with E-state index in [4.69, 9.17) is 21.1 Å². The standard InChI is InChI=1S/C13H17ClFN3O3/c1-13(2,3)21-12(19)18-5-9(4-15)8-20-10-6-16-11(14)17-7-10/h4,6-7H,5,8H2,1-3H3,(H,18,19)/b9-4+. The van der Waals surface area contributed by atoms with E-state index in [2.05, 4.69) is 15.3 Å². The molecule has 1 aromatic rings. The van der Waals surface area contributed by atoms with E-state index in [0.29, 0.717) is 12.1 Å². The molecule has 1 N–H and O–H groups in total. The quantitative estimate of drug-likeness (QED) is 0.845. The molecule has 0 saturated carbocycles. The highest BCUT2D eigenvalue weighted by molar-refractivity contribution is 6.28. The fourth-order valence-corrected chi connectivity index (χ4v) is 1.27. The number of rotatable bonds is 5. The third kappa shape index (κ3) is 7.45. The van der Waals surface area contributed by atoms with Gasteiger partial charge in [-0.3, -0.25) is 0 Å². The summed E-state index contributed by atoms with van der Waals surface area (Å²) >= 11 is 5.53. The highest BCUT2D eigenvalue weighted by atomic mass is 35.5. The summed E-state index contributed by atoms with van der Waals surface area (Å²) in [5, 5.41) is 2.53. The summed E-state index contributed by atoms with van der Waals surface area (Å²) in [6, 6.07) is 0. The van der Waals surface area contributed by atoms with Crippen molar-refractivity contribution in [1.29, 1.82) is 0 Å². The molecule has 21 heavy (non-hydrogen) atoms. The molecule has 0 aliphatic carbocycles. The number of ether oxygens (including phenoxy) is 2. The molecule has 0 aliphatic heterocycles. The van der Waals surface area contributed by atoms with Crippen LogP contribution in [0.15, 0.2) is 24.3 Å². The van der Waals surface area contributed by atoms with Gasteiger partial charge in [0.25, 0.3) is 0 Å². The molecule has 0 aliphatic rings. The number of carbonyl (C=O) groups excluding carboxylic acids is 1. The molecular weight excluding hydrogens is 301 g/mol. The van der Waals surface area contributed by atoms with Crippen LogP contribution in [0.3, 0.4) is 0 Å². The molecule has 0 spiro atoms. The normalized spacial score (nSPS) is 12.0. The summed E-state index contributed by atoms with van der Waals surface area (Å²) in [7, 11) is 0. The predicted octanol–water partition coefficient (Wildman–Crippen LogP) is 2.89. The van der Waals surface area contributed by atoms with Gasteiger partial charge in [-0.25, -0.2) is 19.2 Å². The van der Waals surface area contributed by atoms with Crippen molar-refractivity contribution >= 4 is 17.7 Å². The minimum Gasteiger partial charge on any atom is -0.486 e. The molecule has 0 radical (unpaired) electrons. The first-order valence-corrected chi connectivity index (χ1v) is 6.53. The van der Waals surface area contributed by atoms with Gasteiger partial charge in [0, 0.05) is 12.1 Å². The van der Waals surface area contributed by atoms with Crippen LogP contribution in [0.1, 0.15) is 20.8 Å². The van der Waals surface area contributed by atoms with E-state index in [0.717, 1.165) is 0 Å². The first-order valence-electron chi connectivity index (χ1n) is 6.15. The van der Waals surface area contributed by atoms with Crippen molar-refractivity contribution in [3.05, 3.63) is 29.6 Å². The number of hydrogen-bond acceptors (Lipinski definition) is 5. The van der Waals surface area contributed by atoms with Crippen LogP contribution in [0.5, 0.6) is 5.75 Å². The largest absolute Gasteiger partial charge is 0.486 e. The molecule has 0 fully saturated rings. The molecule has 0 atom stereocenters. The molecule has 0 saturated heterocycles. The molecule has 0 bridgehead atoms. The lowest BCUT2D eigenvalue weighted by Gasteiger charge is -2.20. The van der Waals surface area contributed by atoms with Crippen LogP contribution in [0.4, 0.5) is 9.18 Å². The summed E-state index contributed by atoms with van der Waals surface area (Å²) in [5.74, 6) is 0.344. The van der Waals surface area contributed by atoms with Crippen LogP contribution in [0, 0.1) is 0 Å². The van der Waals surface area contributed by atoms with E-state index in [1.54, 1.807) is 20.8 Å². The van der Waals surface area contributed by atoms with Crippen LogP contribution in [-0.2, 0) is 4.74 Å². The summed E-state index contributed by atoms with van der Waals surface area (Å²) < 4.78 is 23.0. The molecule has 116 valence electrons. The number of nitrogens with zero attached hydrogens (tertiary/aromatic N) is 2. The van der Waals surface area contributed by atoms with Crippen LogP contribution in [0.2, 0.25) is 5.28 Å². The first-order chi connectivity index (χ1) is 9.80. The molecule has 1 heterocycles. The maximum absolute atomic E-state index is 12.7. The predicted molar refractivity (Wildman–Crippen MR) is 76.0 cm³/mol. The van der Waals surface area contributed by atoms with E-state index in [1.807, 2.05) is 0 Å². The molecule has 0 unspecified atom stereocenters. The maximum atomic E-state index is 12.7. The molecule has 0 aromatic carbocycles. The van der Waals surface area contributed by atoms with Gasteiger partial charge < -0.3 is 14.8 Å². The maximum Gasteiger partial charge on any atom is 0.407 e. The van der Waals surface area contributed by atoms with Gasteiger partial charge in [-0.05, 0) is 32.4 Å². The molecular formula is C13H17ClFN3O3. The zero-order valence-electron chi connectivity index (χ0n) is 12.0. The van der Waals surface area contributed by atoms with Gasteiger partial charge in [0.1, 0.15) is 12.2 Å². The molecule has 8 heteroatoms. The Morgan fingerprint density at radius 3 is 2.57 bits per heavy atom. The van der Waals surface area contributed by atoms with Gasteiger partial charge in [-0.1, -0.05) is 0 Å². The van der Waals surface area contributed by atoms with Crippen LogP contribution in [0.25, 0.3) is 0 Å². The fraction of sp³-hybridized carbons (Fsp3) is 0.462. The monoisotopic (exact) mass is 317 g/mol. The molecule has 1 rings (SSSR count). The summed E-state index contributed by atoms with van der Waals surface area (Å²) in [4.78, 5) is 18.9. The average Bonchev–Trinajstić information content (AvgIpc) is 2.39. The number of carbonyl (C=O) groups is 1. The van der Waals surface area contributed by atoms with E-state index in [9.17, 15) is 9.18 Å². The second kappa shape index (κ2) is 7.78. The van der Waals surface area contributed by atoms with E-state index in [1.165, 1.54) is 12.4 Å². The Labute approximate surface area is 127 Å². The number of hydrogen-bond donors (Lipinski definition) is 1. The Balaban J connectivity index is 2.39. The Morgan fingerprint density at radius 1 is 1.43 bits per heavy atom. The van der Waals surface area contributed by atoms with Gasteiger partial charge in [0.15, 0.2) is 5.75 Å². The van der Waals surface area contributed by atoms with Crippen LogP contribution in [-0.4, -0.2) is 34.8 Å². The number of amides is 1. The van der Waals surface area contributed by atoms with Gasteiger partial charge in [0.2, 0.25) is 5.28 Å². The van der Waals surface area contributed by atoms with Crippen LogP contribution < -0.4 is 10.1 Å². The van der Waals surface area contributed by atoms with E-state index < -0.39 is 11.7 Å². The zero-order chi connectivity index (χ0) is 15.9. The summed E-state index contributed by atoms with van der Waals surface area (Å²) in [5.41, 5.74) is -0.378. The second-order valence-electron chi connectivity index (χ2n) is 5.10. The third-order valence-electron chi connectivity index (χ3n) is 2.03. The smallest absolute Gasteiger partial charge is 0.407 e. The van der Waals surface area contributed by atoms with Gasteiger partial charge >= 0.3 is 6.09 Å². The van der Waals surface area contributed by atoms with Gasteiger partial charge in [0.05, 0.1) is 18.7 Å². The summed E-state index contributed by atoms with van der Waals surface area (Å²) in [6.45, 7) is 5.13. The SMILES string of the molecule is CC(C)(C)OC(=O)NC/C(=C\F)COc1cnc(Cl)nc1. The van der Waals surface area contributed by atoms with Crippen molar-refractivity contribution < 1.29 is 18.7 Å². The van der Waals surface area contributed by atoms with Gasteiger partial charge in [-0.15, -0.1) is 0 Å². The topological polar surface area (TPSA) is 73.3 Å². The Morgan fingerprint density at radius 2 is 2.05 bits per heavy atom.